The Morgan fingerprint density at radius 1 is 0.864 bits per heavy atom. The molecule has 4 rings (SSSR count). The Bertz CT molecular complexity index is 1650. The van der Waals surface area contributed by atoms with Gasteiger partial charge in [-0.25, -0.2) is 12.8 Å². The van der Waals surface area contributed by atoms with E-state index in [1.165, 1.54) is 48.3 Å². The van der Waals surface area contributed by atoms with E-state index in [-0.39, 0.29) is 23.5 Å². The molecule has 0 bridgehead atoms. The highest BCUT2D eigenvalue weighted by Gasteiger charge is 2.34. The van der Waals surface area contributed by atoms with Gasteiger partial charge in [0, 0.05) is 20.0 Å². The quantitative estimate of drug-likeness (QED) is 0.225. The third kappa shape index (κ3) is 8.02. The van der Waals surface area contributed by atoms with Crippen LogP contribution in [0, 0.1) is 12.7 Å². The van der Waals surface area contributed by atoms with Crippen molar-refractivity contribution >= 4 is 27.5 Å². The minimum absolute atomic E-state index is 0.0599. The number of nitrogens with one attached hydrogen (secondary N) is 1. The summed E-state index contributed by atoms with van der Waals surface area (Å²) in [7, 11) is -2.81. The molecule has 10 heteroatoms. The van der Waals surface area contributed by atoms with Crippen molar-refractivity contribution in [1.82, 2.24) is 10.2 Å². The first-order valence-corrected chi connectivity index (χ1v) is 15.7. The van der Waals surface area contributed by atoms with Crippen LogP contribution < -0.4 is 14.4 Å². The van der Waals surface area contributed by atoms with Crippen LogP contribution in [0.1, 0.15) is 23.6 Å². The van der Waals surface area contributed by atoms with Gasteiger partial charge in [-0.05, 0) is 73.5 Å². The maximum absolute atomic E-state index is 14.3. The summed E-state index contributed by atoms with van der Waals surface area (Å²) in [6.45, 7) is 3.61. The van der Waals surface area contributed by atoms with Crippen LogP contribution in [-0.2, 0) is 32.6 Å². The molecule has 0 saturated carbocycles. The molecule has 4 aromatic rings. The molecule has 230 valence electrons. The second-order valence-electron chi connectivity index (χ2n) is 10.2. The Balaban J connectivity index is 1.76. The first-order chi connectivity index (χ1) is 21.1. The highest BCUT2D eigenvalue weighted by Crippen LogP contribution is 2.27. The van der Waals surface area contributed by atoms with Crippen molar-refractivity contribution in [3.8, 4) is 5.75 Å². The predicted molar refractivity (Wildman–Crippen MR) is 168 cm³/mol. The van der Waals surface area contributed by atoms with Crippen LogP contribution in [0.5, 0.6) is 5.75 Å². The maximum atomic E-state index is 14.3. The third-order valence-electron chi connectivity index (χ3n) is 7.11. The van der Waals surface area contributed by atoms with Crippen molar-refractivity contribution in [2.24, 2.45) is 0 Å². The summed E-state index contributed by atoms with van der Waals surface area (Å²) in [6, 6.07) is 26.6. The molecule has 0 aliphatic heterocycles. The van der Waals surface area contributed by atoms with Gasteiger partial charge in [0.2, 0.25) is 11.8 Å². The molecule has 0 saturated heterocycles. The molecule has 0 aliphatic rings. The average molecular weight is 618 g/mol. The zero-order valence-electron chi connectivity index (χ0n) is 24.9. The monoisotopic (exact) mass is 617 g/mol. The minimum Gasteiger partial charge on any atom is -0.494 e. The Labute approximate surface area is 258 Å². The number of halogens is 1. The van der Waals surface area contributed by atoms with Gasteiger partial charge >= 0.3 is 0 Å². The number of likely N-dealkylation sites (N-methyl/N-ethyl adjacent to an activating group) is 1. The van der Waals surface area contributed by atoms with Gasteiger partial charge in [0.05, 0.1) is 17.2 Å². The number of ether oxygens (including phenoxy) is 1. The summed E-state index contributed by atoms with van der Waals surface area (Å²) < 4.78 is 48.3. The van der Waals surface area contributed by atoms with Crippen molar-refractivity contribution in [1.29, 1.82) is 0 Å². The van der Waals surface area contributed by atoms with E-state index in [9.17, 15) is 22.4 Å². The number of amides is 2. The fraction of sp³-hybridized carbons (Fsp3) is 0.235. The summed E-state index contributed by atoms with van der Waals surface area (Å²) in [4.78, 5) is 28.9. The molecule has 2 amide bonds. The van der Waals surface area contributed by atoms with Crippen molar-refractivity contribution in [2.75, 3.05) is 24.5 Å². The Hall–Kier alpha value is -4.70. The highest BCUT2D eigenvalue weighted by molar-refractivity contribution is 7.92. The van der Waals surface area contributed by atoms with Crippen LogP contribution in [0.15, 0.2) is 108 Å². The van der Waals surface area contributed by atoms with Crippen LogP contribution in [0.2, 0.25) is 0 Å². The number of nitrogens with zero attached hydrogens (tertiary/aromatic N) is 2. The lowest BCUT2D eigenvalue weighted by atomic mass is 10.0. The normalized spacial score (nSPS) is 11.8. The van der Waals surface area contributed by atoms with Crippen molar-refractivity contribution in [2.45, 2.75) is 37.8 Å². The van der Waals surface area contributed by atoms with Crippen LogP contribution in [0.3, 0.4) is 0 Å². The van der Waals surface area contributed by atoms with Gasteiger partial charge < -0.3 is 15.0 Å². The highest BCUT2D eigenvalue weighted by atomic mass is 32.2. The van der Waals surface area contributed by atoms with Crippen LogP contribution in [0.4, 0.5) is 10.1 Å². The molecule has 0 fully saturated rings. The number of benzene rings is 4. The Kier molecular flexibility index (Phi) is 10.7. The largest absolute Gasteiger partial charge is 0.494 e. The first kappa shape index (κ1) is 32.2. The van der Waals surface area contributed by atoms with Gasteiger partial charge in [0.15, 0.2) is 0 Å². The molecular weight excluding hydrogens is 581 g/mol. The van der Waals surface area contributed by atoms with Crippen molar-refractivity contribution < 1.29 is 27.1 Å². The number of carbonyl (C=O) groups is 2. The van der Waals surface area contributed by atoms with E-state index in [2.05, 4.69) is 5.32 Å². The molecular formula is C34H36FN3O5S. The lowest BCUT2D eigenvalue weighted by Crippen LogP contribution is -2.53. The van der Waals surface area contributed by atoms with Gasteiger partial charge in [-0.1, -0.05) is 60.2 Å². The third-order valence-corrected chi connectivity index (χ3v) is 8.90. The molecule has 0 heterocycles. The second kappa shape index (κ2) is 14.7. The van der Waals surface area contributed by atoms with Gasteiger partial charge in [-0.3, -0.25) is 13.9 Å². The van der Waals surface area contributed by atoms with E-state index in [4.69, 9.17) is 4.74 Å². The molecule has 1 atom stereocenters. The van der Waals surface area contributed by atoms with Crippen molar-refractivity contribution in [3.63, 3.8) is 0 Å². The molecule has 0 aromatic heterocycles. The van der Waals surface area contributed by atoms with Crippen LogP contribution in [0.25, 0.3) is 0 Å². The van der Waals surface area contributed by atoms with Crippen LogP contribution >= 0.6 is 0 Å². The summed E-state index contributed by atoms with van der Waals surface area (Å²) in [5.41, 5.74) is 2.74. The number of aryl methyl sites for hydroxylation is 1. The second-order valence-corrected chi connectivity index (χ2v) is 12.1. The summed E-state index contributed by atoms with van der Waals surface area (Å²) in [5.74, 6) is -1.05. The fourth-order valence-electron chi connectivity index (χ4n) is 4.75. The fourth-order valence-corrected chi connectivity index (χ4v) is 6.16. The van der Waals surface area contributed by atoms with Gasteiger partial charge in [-0.2, -0.15) is 0 Å². The van der Waals surface area contributed by atoms with E-state index in [0.29, 0.717) is 12.4 Å². The molecule has 8 nitrogen and oxygen atoms in total. The van der Waals surface area contributed by atoms with Gasteiger partial charge in [0.1, 0.15) is 24.2 Å². The summed E-state index contributed by atoms with van der Waals surface area (Å²) in [5, 5.41) is 2.66. The number of rotatable bonds is 13. The number of carbonyl (C=O) groups excluding carboxylic acids is 2. The molecule has 1 N–H and O–H groups in total. The van der Waals surface area contributed by atoms with E-state index in [1.807, 2.05) is 68.4 Å². The Morgan fingerprint density at radius 3 is 2.09 bits per heavy atom. The lowest BCUT2D eigenvalue weighted by molar-refractivity contribution is -0.139. The molecule has 0 radical (unpaired) electrons. The smallest absolute Gasteiger partial charge is 0.264 e. The zero-order valence-corrected chi connectivity index (χ0v) is 25.8. The topological polar surface area (TPSA) is 96.0 Å². The molecule has 0 unspecified atom stereocenters. The minimum atomic E-state index is -4.31. The van der Waals surface area contributed by atoms with E-state index in [0.717, 1.165) is 33.1 Å². The number of hydrogen-bond acceptors (Lipinski definition) is 5. The molecule has 0 aliphatic carbocycles. The molecule has 44 heavy (non-hydrogen) atoms. The van der Waals surface area contributed by atoms with E-state index >= 15 is 0 Å². The average Bonchev–Trinajstić information content (AvgIpc) is 3.03. The summed E-state index contributed by atoms with van der Waals surface area (Å²) >= 11 is 0. The van der Waals surface area contributed by atoms with Gasteiger partial charge in [0.25, 0.3) is 10.0 Å². The Morgan fingerprint density at radius 2 is 1.50 bits per heavy atom. The van der Waals surface area contributed by atoms with E-state index < -0.39 is 40.2 Å². The number of hydrogen-bond donors (Lipinski definition) is 1. The van der Waals surface area contributed by atoms with Crippen molar-refractivity contribution in [3.05, 3.63) is 126 Å². The lowest BCUT2D eigenvalue weighted by Gasteiger charge is -2.33. The molecule has 4 aromatic carbocycles. The standard InChI is InChI=1S/C34H36FN3O5S/c1-4-43-30-18-20-31(21-19-30)44(41,42)38(29-16-14-28(35)15-17-29)24-33(39)37(23-27-12-10-25(2)11-13-27)32(34(40)36-3)22-26-8-6-5-7-9-26/h5-21,32H,4,22-24H2,1-3H3,(H,36,40)/t32-/m1/s1. The number of anilines is 1. The zero-order chi connectivity index (χ0) is 31.7. The predicted octanol–water partition coefficient (Wildman–Crippen LogP) is 5.11. The first-order valence-electron chi connectivity index (χ1n) is 14.2. The van der Waals surface area contributed by atoms with Gasteiger partial charge in [-0.15, -0.1) is 0 Å². The van der Waals surface area contributed by atoms with E-state index in [1.54, 1.807) is 0 Å². The molecule has 0 spiro atoms. The maximum Gasteiger partial charge on any atom is 0.264 e. The SMILES string of the molecule is CCOc1ccc(S(=O)(=O)N(CC(=O)N(Cc2ccc(C)cc2)[C@H](Cc2ccccc2)C(=O)NC)c2ccc(F)cc2)cc1. The van der Waals surface area contributed by atoms with Crippen LogP contribution in [-0.4, -0.2) is 51.4 Å². The summed E-state index contributed by atoms with van der Waals surface area (Å²) in [6.07, 6.45) is 0.209. The number of sulfonamides is 1.